The van der Waals surface area contributed by atoms with Crippen molar-refractivity contribution in [1.29, 1.82) is 0 Å². The standard InChI is InChI=1S/C14H18N2O2/c1-11-6-4-5-9-16(11)14(18)12-7-2-3-8-13(12)15-10-17/h2-3,7-8,10-11H,4-6,9H2,1H3,(H,15,17). The van der Waals surface area contributed by atoms with Crippen LogP contribution in [0.2, 0.25) is 0 Å². The Balaban J connectivity index is 2.24. The summed E-state index contributed by atoms with van der Waals surface area (Å²) in [5, 5.41) is 2.58. The fourth-order valence-electron chi connectivity index (χ4n) is 2.41. The molecule has 1 aliphatic rings. The molecule has 1 fully saturated rings. The molecule has 1 heterocycles. The summed E-state index contributed by atoms with van der Waals surface area (Å²) in [5.74, 6) is 0.00662. The Bertz CT molecular complexity index is 445. The number of likely N-dealkylation sites (tertiary alicyclic amines) is 1. The van der Waals surface area contributed by atoms with Crippen LogP contribution in [0.1, 0.15) is 36.5 Å². The van der Waals surface area contributed by atoms with Crippen LogP contribution in [0, 0.1) is 0 Å². The molecule has 0 radical (unpaired) electrons. The third kappa shape index (κ3) is 2.53. The molecule has 2 rings (SSSR count). The minimum Gasteiger partial charge on any atom is -0.336 e. The quantitative estimate of drug-likeness (QED) is 0.832. The van der Waals surface area contributed by atoms with E-state index < -0.39 is 0 Å². The van der Waals surface area contributed by atoms with Gasteiger partial charge in [-0.2, -0.15) is 0 Å². The zero-order chi connectivity index (χ0) is 13.0. The molecule has 1 aromatic carbocycles. The number of benzene rings is 1. The zero-order valence-electron chi connectivity index (χ0n) is 10.6. The van der Waals surface area contributed by atoms with E-state index in [-0.39, 0.29) is 11.9 Å². The molecule has 96 valence electrons. The second kappa shape index (κ2) is 5.67. The summed E-state index contributed by atoms with van der Waals surface area (Å²) in [4.78, 5) is 24.9. The van der Waals surface area contributed by atoms with Crippen molar-refractivity contribution in [1.82, 2.24) is 4.90 Å². The molecule has 0 aromatic heterocycles. The third-order valence-electron chi connectivity index (χ3n) is 3.44. The van der Waals surface area contributed by atoms with Crippen LogP contribution < -0.4 is 5.32 Å². The number of hydrogen-bond acceptors (Lipinski definition) is 2. The van der Waals surface area contributed by atoms with E-state index in [4.69, 9.17) is 0 Å². The Labute approximate surface area is 107 Å². The molecule has 2 amide bonds. The van der Waals surface area contributed by atoms with Crippen molar-refractivity contribution in [3.05, 3.63) is 29.8 Å². The SMILES string of the molecule is CC1CCCCN1C(=O)c1ccccc1NC=O. The molecule has 1 N–H and O–H groups in total. The van der Waals surface area contributed by atoms with Crippen LogP contribution in [-0.4, -0.2) is 29.8 Å². The van der Waals surface area contributed by atoms with Crippen molar-refractivity contribution in [2.75, 3.05) is 11.9 Å². The number of nitrogens with zero attached hydrogens (tertiary/aromatic N) is 1. The molecule has 1 atom stereocenters. The number of carbonyl (C=O) groups is 2. The zero-order valence-corrected chi connectivity index (χ0v) is 10.6. The largest absolute Gasteiger partial charge is 0.336 e. The van der Waals surface area contributed by atoms with Crippen LogP contribution in [0.15, 0.2) is 24.3 Å². The van der Waals surface area contributed by atoms with E-state index in [0.717, 1.165) is 19.4 Å². The average molecular weight is 246 g/mol. The highest BCUT2D eigenvalue weighted by Gasteiger charge is 2.25. The molecule has 1 unspecified atom stereocenters. The topological polar surface area (TPSA) is 49.4 Å². The number of hydrogen-bond donors (Lipinski definition) is 1. The van der Waals surface area contributed by atoms with Gasteiger partial charge in [0.15, 0.2) is 0 Å². The van der Waals surface area contributed by atoms with E-state index in [1.807, 2.05) is 17.0 Å². The summed E-state index contributed by atoms with van der Waals surface area (Å²) < 4.78 is 0. The average Bonchev–Trinajstić information content (AvgIpc) is 2.40. The third-order valence-corrected chi connectivity index (χ3v) is 3.44. The number of amides is 2. The van der Waals surface area contributed by atoms with E-state index in [9.17, 15) is 9.59 Å². The fourth-order valence-corrected chi connectivity index (χ4v) is 2.41. The van der Waals surface area contributed by atoms with Gasteiger partial charge in [-0.15, -0.1) is 0 Å². The van der Waals surface area contributed by atoms with E-state index in [2.05, 4.69) is 12.2 Å². The van der Waals surface area contributed by atoms with Crippen LogP contribution in [-0.2, 0) is 4.79 Å². The lowest BCUT2D eigenvalue weighted by atomic mass is 10.0. The van der Waals surface area contributed by atoms with Gasteiger partial charge in [-0.3, -0.25) is 9.59 Å². The van der Waals surface area contributed by atoms with Gasteiger partial charge in [-0.05, 0) is 38.3 Å². The molecule has 0 spiro atoms. The van der Waals surface area contributed by atoms with Gasteiger partial charge in [0.2, 0.25) is 6.41 Å². The van der Waals surface area contributed by atoms with Crippen molar-refractivity contribution in [3.8, 4) is 0 Å². The molecule has 1 aromatic rings. The summed E-state index contributed by atoms with van der Waals surface area (Å²) in [7, 11) is 0. The first-order chi connectivity index (χ1) is 8.74. The minimum atomic E-state index is 0.00662. The monoisotopic (exact) mass is 246 g/mol. The molecule has 4 heteroatoms. The first-order valence-corrected chi connectivity index (χ1v) is 6.34. The normalized spacial score (nSPS) is 19.4. The second-order valence-corrected chi connectivity index (χ2v) is 4.65. The Hall–Kier alpha value is -1.84. The number of nitrogens with one attached hydrogen (secondary N) is 1. The van der Waals surface area contributed by atoms with Gasteiger partial charge < -0.3 is 10.2 Å². The van der Waals surface area contributed by atoms with Crippen LogP contribution in [0.25, 0.3) is 0 Å². The Kier molecular flexibility index (Phi) is 3.97. The van der Waals surface area contributed by atoms with E-state index >= 15 is 0 Å². The summed E-state index contributed by atoms with van der Waals surface area (Å²) in [6, 6.07) is 7.40. The van der Waals surface area contributed by atoms with Crippen LogP contribution >= 0.6 is 0 Å². The van der Waals surface area contributed by atoms with Gasteiger partial charge in [0.05, 0.1) is 11.3 Å². The van der Waals surface area contributed by atoms with Crippen molar-refractivity contribution >= 4 is 18.0 Å². The lowest BCUT2D eigenvalue weighted by Crippen LogP contribution is -2.42. The van der Waals surface area contributed by atoms with Crippen molar-refractivity contribution in [2.24, 2.45) is 0 Å². The molecule has 0 bridgehead atoms. The molecule has 0 aliphatic carbocycles. The van der Waals surface area contributed by atoms with Crippen molar-refractivity contribution < 1.29 is 9.59 Å². The Morgan fingerprint density at radius 1 is 1.39 bits per heavy atom. The Morgan fingerprint density at radius 2 is 2.17 bits per heavy atom. The van der Waals surface area contributed by atoms with Crippen molar-refractivity contribution in [2.45, 2.75) is 32.2 Å². The highest BCUT2D eigenvalue weighted by atomic mass is 16.2. The molecule has 1 saturated heterocycles. The van der Waals surface area contributed by atoms with Gasteiger partial charge in [-0.25, -0.2) is 0 Å². The van der Waals surface area contributed by atoms with Gasteiger partial charge in [-0.1, -0.05) is 12.1 Å². The maximum atomic E-state index is 12.5. The summed E-state index contributed by atoms with van der Waals surface area (Å²) in [5.41, 5.74) is 1.15. The maximum Gasteiger partial charge on any atom is 0.256 e. The minimum absolute atomic E-state index is 0.00662. The van der Waals surface area contributed by atoms with E-state index in [1.54, 1.807) is 12.1 Å². The number of para-hydroxylation sites is 1. The number of piperidine rings is 1. The van der Waals surface area contributed by atoms with Gasteiger partial charge in [0, 0.05) is 12.6 Å². The smallest absolute Gasteiger partial charge is 0.256 e. The van der Waals surface area contributed by atoms with Crippen LogP contribution in [0.5, 0.6) is 0 Å². The van der Waals surface area contributed by atoms with Gasteiger partial charge in [0.1, 0.15) is 0 Å². The number of rotatable bonds is 3. The van der Waals surface area contributed by atoms with E-state index in [0.29, 0.717) is 17.7 Å². The second-order valence-electron chi connectivity index (χ2n) is 4.65. The maximum absolute atomic E-state index is 12.5. The highest BCUT2D eigenvalue weighted by molar-refractivity contribution is 6.01. The number of anilines is 1. The van der Waals surface area contributed by atoms with Gasteiger partial charge in [0.25, 0.3) is 5.91 Å². The predicted octanol–water partition coefficient (Wildman–Crippen LogP) is 2.27. The first kappa shape index (κ1) is 12.6. The van der Waals surface area contributed by atoms with Crippen LogP contribution in [0.4, 0.5) is 5.69 Å². The van der Waals surface area contributed by atoms with Crippen molar-refractivity contribution in [3.63, 3.8) is 0 Å². The summed E-state index contributed by atoms with van der Waals surface area (Å²) in [6.07, 6.45) is 3.89. The highest BCUT2D eigenvalue weighted by Crippen LogP contribution is 2.22. The summed E-state index contributed by atoms with van der Waals surface area (Å²) >= 11 is 0. The van der Waals surface area contributed by atoms with Crippen LogP contribution in [0.3, 0.4) is 0 Å². The fraction of sp³-hybridized carbons (Fsp3) is 0.429. The van der Waals surface area contributed by atoms with E-state index in [1.165, 1.54) is 6.42 Å². The first-order valence-electron chi connectivity index (χ1n) is 6.34. The predicted molar refractivity (Wildman–Crippen MR) is 70.5 cm³/mol. The molecule has 4 nitrogen and oxygen atoms in total. The molecular weight excluding hydrogens is 228 g/mol. The number of carbonyl (C=O) groups excluding carboxylic acids is 2. The molecular formula is C14H18N2O2. The molecule has 1 aliphatic heterocycles. The van der Waals surface area contributed by atoms with Gasteiger partial charge >= 0.3 is 0 Å². The lowest BCUT2D eigenvalue weighted by molar-refractivity contribution is -0.105. The lowest BCUT2D eigenvalue weighted by Gasteiger charge is -2.33. The Morgan fingerprint density at radius 3 is 2.89 bits per heavy atom. The summed E-state index contributed by atoms with van der Waals surface area (Å²) in [6.45, 7) is 2.88. The molecule has 0 saturated carbocycles. The molecule has 18 heavy (non-hydrogen) atoms.